The molecule has 0 spiro atoms. The van der Waals surface area contributed by atoms with Crippen molar-refractivity contribution in [1.29, 1.82) is 0 Å². The first-order valence-corrected chi connectivity index (χ1v) is 10.8. The first-order chi connectivity index (χ1) is 15.8. The number of hydrogen-bond donors (Lipinski definition) is 1. The van der Waals surface area contributed by atoms with Gasteiger partial charge in [-0.3, -0.25) is 9.69 Å². The number of rotatable bonds is 8. The fourth-order valence-corrected chi connectivity index (χ4v) is 4.03. The van der Waals surface area contributed by atoms with Crippen LogP contribution in [0.4, 0.5) is 26.3 Å². The molecular weight excluding hydrogens is 464 g/mol. The minimum Gasteiger partial charge on any atom is -0.493 e. The van der Waals surface area contributed by atoms with Crippen LogP contribution in [0, 0.1) is 11.8 Å². The second-order valence-corrected chi connectivity index (χ2v) is 8.66. The number of alkyl halides is 6. The highest BCUT2D eigenvalue weighted by atomic mass is 19.4. The SMILES string of the molecule is C[C@@H](Cc1cccc(OCC2CCN(Cc3cc(C(F)(F)F)ccc3C(F)(F)F)C2)c1)C(=O)O. The molecule has 186 valence electrons. The molecule has 2 aromatic carbocycles. The number of benzene rings is 2. The van der Waals surface area contributed by atoms with E-state index in [1.807, 2.05) is 0 Å². The van der Waals surface area contributed by atoms with E-state index in [2.05, 4.69) is 0 Å². The van der Waals surface area contributed by atoms with E-state index in [1.54, 1.807) is 36.1 Å². The Morgan fingerprint density at radius 1 is 1.12 bits per heavy atom. The summed E-state index contributed by atoms with van der Waals surface area (Å²) in [6, 6.07) is 8.58. The van der Waals surface area contributed by atoms with Gasteiger partial charge in [-0.15, -0.1) is 0 Å². The topological polar surface area (TPSA) is 49.8 Å². The smallest absolute Gasteiger partial charge is 0.416 e. The molecule has 1 saturated heterocycles. The van der Waals surface area contributed by atoms with Gasteiger partial charge in [0.25, 0.3) is 0 Å². The van der Waals surface area contributed by atoms with Crippen molar-refractivity contribution in [1.82, 2.24) is 4.90 Å². The second-order valence-electron chi connectivity index (χ2n) is 8.66. The van der Waals surface area contributed by atoms with Crippen LogP contribution in [0.3, 0.4) is 0 Å². The van der Waals surface area contributed by atoms with E-state index < -0.39 is 40.9 Å². The highest BCUT2D eigenvalue weighted by molar-refractivity contribution is 5.69. The summed E-state index contributed by atoms with van der Waals surface area (Å²) in [5.41, 5.74) is -1.76. The van der Waals surface area contributed by atoms with Gasteiger partial charge in [-0.1, -0.05) is 19.1 Å². The van der Waals surface area contributed by atoms with E-state index in [0.29, 0.717) is 56.5 Å². The summed E-state index contributed by atoms with van der Waals surface area (Å²) in [7, 11) is 0. The quantitative estimate of drug-likeness (QED) is 0.470. The molecule has 0 saturated carbocycles. The second kappa shape index (κ2) is 10.2. The van der Waals surface area contributed by atoms with E-state index in [-0.39, 0.29) is 12.5 Å². The summed E-state index contributed by atoms with van der Waals surface area (Å²) in [6.07, 6.45) is -8.49. The van der Waals surface area contributed by atoms with E-state index in [4.69, 9.17) is 9.84 Å². The van der Waals surface area contributed by atoms with Crippen molar-refractivity contribution in [3.05, 3.63) is 64.7 Å². The Morgan fingerprint density at radius 2 is 1.85 bits per heavy atom. The molecule has 1 fully saturated rings. The number of likely N-dealkylation sites (tertiary alicyclic amines) is 1. The van der Waals surface area contributed by atoms with E-state index >= 15 is 0 Å². The van der Waals surface area contributed by atoms with Gasteiger partial charge < -0.3 is 9.84 Å². The van der Waals surface area contributed by atoms with Crippen LogP contribution in [-0.2, 0) is 30.1 Å². The van der Waals surface area contributed by atoms with Crippen LogP contribution in [0.1, 0.15) is 35.6 Å². The van der Waals surface area contributed by atoms with Gasteiger partial charge in [0.1, 0.15) is 5.75 Å². The lowest BCUT2D eigenvalue weighted by Gasteiger charge is -2.21. The lowest BCUT2D eigenvalue weighted by Crippen LogP contribution is -2.24. The molecule has 1 heterocycles. The molecule has 0 amide bonds. The van der Waals surface area contributed by atoms with Crippen molar-refractivity contribution in [3.63, 3.8) is 0 Å². The van der Waals surface area contributed by atoms with E-state index in [0.717, 1.165) is 5.56 Å². The molecular formula is C24H25F6NO3. The molecule has 1 aliphatic heterocycles. The molecule has 1 aliphatic rings. The lowest BCUT2D eigenvalue weighted by molar-refractivity contribution is -0.142. The zero-order valence-corrected chi connectivity index (χ0v) is 18.4. The molecule has 3 rings (SSSR count). The van der Waals surface area contributed by atoms with Crippen molar-refractivity contribution in [2.24, 2.45) is 11.8 Å². The Bertz CT molecular complexity index is 1000. The van der Waals surface area contributed by atoms with E-state index in [9.17, 15) is 31.1 Å². The first kappa shape index (κ1) is 25.9. The Hall–Kier alpha value is -2.75. The third-order valence-corrected chi connectivity index (χ3v) is 5.85. The number of ether oxygens (including phenoxy) is 1. The Labute approximate surface area is 193 Å². The molecule has 0 aromatic heterocycles. The van der Waals surface area contributed by atoms with Crippen LogP contribution in [0.2, 0.25) is 0 Å². The fraction of sp³-hybridized carbons (Fsp3) is 0.458. The summed E-state index contributed by atoms with van der Waals surface area (Å²) >= 11 is 0. The molecule has 1 N–H and O–H groups in total. The summed E-state index contributed by atoms with van der Waals surface area (Å²) in [6.45, 7) is 2.50. The number of nitrogens with zero attached hydrogens (tertiary/aromatic N) is 1. The molecule has 34 heavy (non-hydrogen) atoms. The van der Waals surface area contributed by atoms with E-state index in [1.165, 1.54) is 0 Å². The normalized spacial score (nSPS) is 18.1. The molecule has 10 heteroatoms. The first-order valence-electron chi connectivity index (χ1n) is 10.8. The number of halogens is 6. The summed E-state index contributed by atoms with van der Waals surface area (Å²) in [5.74, 6) is -0.879. The van der Waals surface area contributed by atoms with Gasteiger partial charge in [0.2, 0.25) is 0 Å². The number of hydrogen-bond acceptors (Lipinski definition) is 3. The van der Waals surface area contributed by atoms with Crippen LogP contribution in [0.5, 0.6) is 5.75 Å². The van der Waals surface area contributed by atoms with Crippen molar-refractivity contribution < 1.29 is 41.0 Å². The minimum atomic E-state index is -4.75. The molecule has 0 radical (unpaired) electrons. The predicted octanol–water partition coefficient (Wildman–Crippen LogP) is 5.89. The maximum Gasteiger partial charge on any atom is 0.416 e. The van der Waals surface area contributed by atoms with Crippen molar-refractivity contribution in [2.75, 3.05) is 19.7 Å². The summed E-state index contributed by atoms with van der Waals surface area (Å²) < 4.78 is 84.9. The maximum atomic E-state index is 13.3. The van der Waals surface area contributed by atoms with Crippen LogP contribution in [0.15, 0.2) is 42.5 Å². The standard InChI is InChI=1S/C24H25F6NO3/c1-15(22(32)33)9-16-3-2-4-20(10-16)34-14-17-7-8-31(12-17)13-18-11-19(23(25,26)27)5-6-21(18)24(28,29)30/h2-6,10-11,15,17H,7-9,12-14H2,1H3,(H,32,33)/t15-,17?/m0/s1. The molecule has 2 aromatic rings. The monoisotopic (exact) mass is 489 g/mol. The van der Waals surface area contributed by atoms with Crippen molar-refractivity contribution in [3.8, 4) is 5.75 Å². The van der Waals surface area contributed by atoms with Gasteiger partial charge >= 0.3 is 18.3 Å². The zero-order chi connectivity index (χ0) is 25.1. The zero-order valence-electron chi connectivity index (χ0n) is 18.4. The average molecular weight is 489 g/mol. The average Bonchev–Trinajstić information content (AvgIpc) is 3.18. The van der Waals surface area contributed by atoms with Crippen molar-refractivity contribution in [2.45, 2.75) is 38.7 Å². The number of carboxylic acids is 1. The minimum absolute atomic E-state index is 0.00161. The van der Waals surface area contributed by atoms with Gasteiger partial charge in [-0.25, -0.2) is 0 Å². The van der Waals surface area contributed by atoms with Gasteiger partial charge in [-0.2, -0.15) is 26.3 Å². The number of carbonyl (C=O) groups is 1. The Morgan fingerprint density at radius 3 is 2.50 bits per heavy atom. The third-order valence-electron chi connectivity index (χ3n) is 5.85. The van der Waals surface area contributed by atoms with Crippen molar-refractivity contribution >= 4 is 5.97 Å². The fourth-order valence-electron chi connectivity index (χ4n) is 4.03. The summed E-state index contributed by atoms with van der Waals surface area (Å²) in [4.78, 5) is 12.7. The molecule has 0 aliphatic carbocycles. The van der Waals surface area contributed by atoms with Crippen LogP contribution in [0.25, 0.3) is 0 Å². The third kappa shape index (κ3) is 6.88. The van der Waals surface area contributed by atoms with Crippen LogP contribution in [-0.4, -0.2) is 35.7 Å². The molecule has 2 atom stereocenters. The Balaban J connectivity index is 1.61. The van der Waals surface area contributed by atoms with Gasteiger partial charge in [0.15, 0.2) is 0 Å². The molecule has 4 nitrogen and oxygen atoms in total. The molecule has 0 bridgehead atoms. The van der Waals surface area contributed by atoms with Crippen LogP contribution < -0.4 is 4.74 Å². The number of aliphatic carboxylic acids is 1. The van der Waals surface area contributed by atoms with Gasteiger partial charge in [0, 0.05) is 19.0 Å². The molecule has 1 unspecified atom stereocenters. The number of carboxylic acid groups (broad SMARTS) is 1. The van der Waals surface area contributed by atoms with Crippen LogP contribution >= 0.6 is 0 Å². The highest BCUT2D eigenvalue weighted by Gasteiger charge is 2.37. The Kier molecular flexibility index (Phi) is 7.80. The van der Waals surface area contributed by atoms with Gasteiger partial charge in [-0.05, 0) is 60.8 Å². The highest BCUT2D eigenvalue weighted by Crippen LogP contribution is 2.37. The van der Waals surface area contributed by atoms with Gasteiger partial charge in [0.05, 0.1) is 23.7 Å². The summed E-state index contributed by atoms with van der Waals surface area (Å²) in [5, 5.41) is 9.05. The predicted molar refractivity (Wildman–Crippen MR) is 112 cm³/mol. The maximum absolute atomic E-state index is 13.3. The lowest BCUT2D eigenvalue weighted by atomic mass is 10.0. The largest absolute Gasteiger partial charge is 0.493 e.